The van der Waals surface area contributed by atoms with Gasteiger partial charge in [0.2, 0.25) is 0 Å². The zero-order chi connectivity index (χ0) is 13.7. The van der Waals surface area contributed by atoms with E-state index in [1.54, 1.807) is 0 Å². The highest BCUT2D eigenvalue weighted by Crippen LogP contribution is 2.28. The Bertz CT molecular complexity index is 370. The third-order valence-electron chi connectivity index (χ3n) is 4.29. The summed E-state index contributed by atoms with van der Waals surface area (Å²) in [6.45, 7) is 6.64. The van der Waals surface area contributed by atoms with Gasteiger partial charge in [0.25, 0.3) is 0 Å². The summed E-state index contributed by atoms with van der Waals surface area (Å²) in [5.41, 5.74) is 1.19. The van der Waals surface area contributed by atoms with Crippen molar-refractivity contribution < 1.29 is 0 Å². The van der Waals surface area contributed by atoms with Crippen LogP contribution in [0.3, 0.4) is 0 Å². The van der Waals surface area contributed by atoms with Crippen LogP contribution in [0.15, 0.2) is 12.4 Å². The molecule has 0 aliphatic heterocycles. The highest BCUT2D eigenvalue weighted by Gasteiger charge is 2.18. The van der Waals surface area contributed by atoms with Crippen molar-refractivity contribution >= 4 is 5.69 Å². The number of hydrogen-bond donors (Lipinski definition) is 1. The van der Waals surface area contributed by atoms with E-state index in [2.05, 4.69) is 37.4 Å². The molecular weight excluding hydrogens is 234 g/mol. The molecule has 1 fully saturated rings. The summed E-state index contributed by atoms with van der Waals surface area (Å²) in [7, 11) is 0. The van der Waals surface area contributed by atoms with Crippen molar-refractivity contribution in [1.29, 1.82) is 0 Å². The molecule has 19 heavy (non-hydrogen) atoms. The lowest BCUT2D eigenvalue weighted by atomic mass is 9.95. The number of aromatic nitrogens is 2. The van der Waals surface area contributed by atoms with Crippen LogP contribution in [0.25, 0.3) is 0 Å². The summed E-state index contributed by atoms with van der Waals surface area (Å²) < 4.78 is 2.03. The Morgan fingerprint density at radius 3 is 2.84 bits per heavy atom. The Morgan fingerprint density at radius 1 is 1.32 bits per heavy atom. The molecule has 1 aromatic heterocycles. The predicted octanol–water partition coefficient (Wildman–Crippen LogP) is 4.62. The molecule has 1 aromatic rings. The van der Waals surface area contributed by atoms with Crippen molar-refractivity contribution in [3.63, 3.8) is 0 Å². The maximum Gasteiger partial charge on any atom is 0.0728 e. The van der Waals surface area contributed by atoms with E-state index in [0.29, 0.717) is 12.1 Å². The lowest BCUT2D eigenvalue weighted by Crippen LogP contribution is -2.18. The fourth-order valence-electron chi connectivity index (χ4n) is 3.15. The SMILES string of the molecule is CCCC1CCCC(Nc2cnn(C(C)C)c2)CC1. The summed E-state index contributed by atoms with van der Waals surface area (Å²) in [5, 5.41) is 8.08. The Labute approximate surface area is 117 Å². The first-order valence-corrected chi connectivity index (χ1v) is 7.99. The second-order valence-electron chi connectivity index (χ2n) is 6.31. The molecule has 2 rings (SSSR count). The molecule has 1 aliphatic rings. The van der Waals surface area contributed by atoms with Crippen LogP contribution in [0.2, 0.25) is 0 Å². The van der Waals surface area contributed by atoms with Crippen LogP contribution in [0.5, 0.6) is 0 Å². The van der Waals surface area contributed by atoms with E-state index in [9.17, 15) is 0 Å². The number of hydrogen-bond acceptors (Lipinski definition) is 2. The van der Waals surface area contributed by atoms with E-state index < -0.39 is 0 Å². The Morgan fingerprint density at radius 2 is 2.16 bits per heavy atom. The number of nitrogens with one attached hydrogen (secondary N) is 1. The summed E-state index contributed by atoms with van der Waals surface area (Å²) in [6.07, 6.45) is 13.7. The molecule has 108 valence electrons. The first kappa shape index (κ1) is 14.4. The first-order valence-electron chi connectivity index (χ1n) is 7.99. The molecule has 0 saturated heterocycles. The van der Waals surface area contributed by atoms with Crippen LogP contribution in [0.1, 0.15) is 71.8 Å². The summed E-state index contributed by atoms with van der Waals surface area (Å²) in [5.74, 6) is 0.968. The zero-order valence-electron chi connectivity index (χ0n) is 12.7. The highest BCUT2D eigenvalue weighted by atomic mass is 15.3. The van der Waals surface area contributed by atoms with Gasteiger partial charge in [-0.25, -0.2) is 0 Å². The quantitative estimate of drug-likeness (QED) is 0.785. The van der Waals surface area contributed by atoms with Gasteiger partial charge in [-0.3, -0.25) is 4.68 Å². The van der Waals surface area contributed by atoms with E-state index in [1.165, 1.54) is 50.6 Å². The minimum atomic E-state index is 0.443. The molecule has 0 radical (unpaired) electrons. The molecule has 1 N–H and O–H groups in total. The number of rotatable bonds is 5. The topological polar surface area (TPSA) is 29.9 Å². The minimum absolute atomic E-state index is 0.443. The molecular formula is C16H29N3. The van der Waals surface area contributed by atoms with Crippen molar-refractivity contribution in [2.75, 3.05) is 5.32 Å². The van der Waals surface area contributed by atoms with Gasteiger partial charge in [0, 0.05) is 18.3 Å². The van der Waals surface area contributed by atoms with E-state index >= 15 is 0 Å². The molecule has 0 bridgehead atoms. The minimum Gasteiger partial charge on any atom is -0.380 e. The Balaban J connectivity index is 1.85. The standard InChI is InChI=1S/C16H29N3/c1-4-6-14-7-5-8-15(10-9-14)18-16-11-17-19(12-16)13(2)3/h11-15,18H,4-10H2,1-3H3. The van der Waals surface area contributed by atoms with Gasteiger partial charge < -0.3 is 5.32 Å². The van der Waals surface area contributed by atoms with Crippen LogP contribution in [-0.4, -0.2) is 15.8 Å². The van der Waals surface area contributed by atoms with Crippen LogP contribution in [0.4, 0.5) is 5.69 Å². The van der Waals surface area contributed by atoms with E-state index in [4.69, 9.17) is 0 Å². The van der Waals surface area contributed by atoms with Gasteiger partial charge >= 0.3 is 0 Å². The van der Waals surface area contributed by atoms with Crippen molar-refractivity contribution in [3.8, 4) is 0 Å². The van der Waals surface area contributed by atoms with Gasteiger partial charge in [-0.1, -0.05) is 32.6 Å². The number of anilines is 1. The summed E-state index contributed by atoms with van der Waals surface area (Å²) in [4.78, 5) is 0. The smallest absolute Gasteiger partial charge is 0.0728 e. The Kier molecular flexibility index (Phi) is 5.29. The second-order valence-corrected chi connectivity index (χ2v) is 6.31. The summed E-state index contributed by atoms with van der Waals surface area (Å²) >= 11 is 0. The number of nitrogens with zero attached hydrogens (tertiary/aromatic N) is 2. The predicted molar refractivity (Wildman–Crippen MR) is 81.5 cm³/mol. The van der Waals surface area contributed by atoms with Gasteiger partial charge in [-0.05, 0) is 39.0 Å². The van der Waals surface area contributed by atoms with E-state index in [0.717, 1.165) is 5.92 Å². The first-order chi connectivity index (χ1) is 9.19. The lowest BCUT2D eigenvalue weighted by molar-refractivity contribution is 0.422. The fraction of sp³-hybridized carbons (Fsp3) is 0.812. The molecule has 1 heterocycles. The Hall–Kier alpha value is -0.990. The van der Waals surface area contributed by atoms with Crippen LogP contribution in [0, 0.1) is 5.92 Å². The molecule has 2 unspecified atom stereocenters. The van der Waals surface area contributed by atoms with Gasteiger partial charge in [0.05, 0.1) is 11.9 Å². The third-order valence-corrected chi connectivity index (χ3v) is 4.29. The van der Waals surface area contributed by atoms with Crippen LogP contribution >= 0.6 is 0 Å². The van der Waals surface area contributed by atoms with Crippen molar-refractivity contribution in [3.05, 3.63) is 12.4 Å². The average Bonchev–Trinajstić information content (AvgIpc) is 2.73. The molecule has 1 aliphatic carbocycles. The van der Waals surface area contributed by atoms with Gasteiger partial charge in [-0.15, -0.1) is 0 Å². The van der Waals surface area contributed by atoms with Crippen molar-refractivity contribution in [2.45, 2.75) is 77.8 Å². The van der Waals surface area contributed by atoms with E-state index in [1.807, 2.05) is 10.9 Å². The lowest BCUT2D eigenvalue weighted by Gasteiger charge is -2.16. The van der Waals surface area contributed by atoms with E-state index in [-0.39, 0.29) is 0 Å². The maximum atomic E-state index is 4.40. The maximum absolute atomic E-state index is 4.40. The molecule has 0 amide bonds. The van der Waals surface area contributed by atoms with Crippen molar-refractivity contribution in [2.24, 2.45) is 5.92 Å². The fourth-order valence-corrected chi connectivity index (χ4v) is 3.15. The van der Waals surface area contributed by atoms with Gasteiger partial charge in [-0.2, -0.15) is 5.10 Å². The molecule has 1 saturated carbocycles. The largest absolute Gasteiger partial charge is 0.380 e. The highest BCUT2D eigenvalue weighted by molar-refractivity contribution is 5.39. The van der Waals surface area contributed by atoms with Crippen LogP contribution in [-0.2, 0) is 0 Å². The molecule has 3 nitrogen and oxygen atoms in total. The summed E-state index contributed by atoms with van der Waals surface area (Å²) in [6, 6.07) is 1.09. The van der Waals surface area contributed by atoms with Crippen molar-refractivity contribution in [1.82, 2.24) is 9.78 Å². The zero-order valence-corrected chi connectivity index (χ0v) is 12.7. The third kappa shape index (κ3) is 4.26. The second kappa shape index (κ2) is 6.97. The normalized spacial score (nSPS) is 24.4. The van der Waals surface area contributed by atoms with Gasteiger partial charge in [0.1, 0.15) is 0 Å². The van der Waals surface area contributed by atoms with Crippen LogP contribution < -0.4 is 5.32 Å². The molecule has 3 heteroatoms. The molecule has 0 spiro atoms. The molecule has 0 aromatic carbocycles. The van der Waals surface area contributed by atoms with Gasteiger partial charge in [0.15, 0.2) is 0 Å². The monoisotopic (exact) mass is 263 g/mol. The average molecular weight is 263 g/mol. The molecule has 2 atom stereocenters.